The molecule has 0 aliphatic carbocycles. The molecule has 2 N–H and O–H groups in total. The van der Waals surface area contributed by atoms with E-state index in [1.807, 2.05) is 20.8 Å². The van der Waals surface area contributed by atoms with Crippen molar-refractivity contribution >= 4 is 10.0 Å². The number of nitrogens with zero attached hydrogens (tertiary/aromatic N) is 2. The van der Waals surface area contributed by atoms with Crippen LogP contribution in [0.25, 0.3) is 0 Å². The van der Waals surface area contributed by atoms with E-state index in [2.05, 4.69) is 29.0 Å². The van der Waals surface area contributed by atoms with Crippen molar-refractivity contribution in [3.63, 3.8) is 0 Å². The second-order valence-corrected chi connectivity index (χ2v) is 7.57. The minimum atomic E-state index is -3.50. The van der Waals surface area contributed by atoms with Gasteiger partial charge in [-0.3, -0.25) is 4.68 Å². The summed E-state index contributed by atoms with van der Waals surface area (Å²) in [6.45, 7) is 11.2. The Morgan fingerprint density at radius 1 is 1.40 bits per heavy atom. The maximum atomic E-state index is 12.2. The Balaban J connectivity index is 2.71. The zero-order chi connectivity index (χ0) is 15.4. The molecule has 116 valence electrons. The van der Waals surface area contributed by atoms with Crippen LogP contribution in [-0.4, -0.2) is 36.3 Å². The van der Waals surface area contributed by atoms with Crippen LogP contribution in [0.4, 0.5) is 0 Å². The van der Waals surface area contributed by atoms with E-state index in [0.717, 1.165) is 13.0 Å². The first-order valence-electron chi connectivity index (χ1n) is 6.96. The topological polar surface area (TPSA) is 76.0 Å². The van der Waals surface area contributed by atoms with Crippen molar-refractivity contribution in [1.29, 1.82) is 0 Å². The Morgan fingerprint density at radius 3 is 2.60 bits per heavy atom. The first-order valence-corrected chi connectivity index (χ1v) is 8.44. The Bertz CT molecular complexity index is 520. The molecule has 0 fully saturated rings. The monoisotopic (exact) mass is 302 g/mol. The van der Waals surface area contributed by atoms with Gasteiger partial charge in [0.05, 0.1) is 12.7 Å². The van der Waals surface area contributed by atoms with Crippen molar-refractivity contribution in [2.24, 2.45) is 0 Å². The highest BCUT2D eigenvalue weighted by atomic mass is 32.2. The normalized spacial score (nSPS) is 13.1. The summed E-state index contributed by atoms with van der Waals surface area (Å²) < 4.78 is 28.8. The highest BCUT2D eigenvalue weighted by molar-refractivity contribution is 7.89. The molecule has 7 heteroatoms. The zero-order valence-electron chi connectivity index (χ0n) is 13.0. The molecule has 0 unspecified atom stereocenters. The van der Waals surface area contributed by atoms with Gasteiger partial charge in [0.15, 0.2) is 0 Å². The van der Waals surface area contributed by atoms with E-state index in [1.54, 1.807) is 10.9 Å². The van der Waals surface area contributed by atoms with E-state index in [1.165, 1.54) is 6.20 Å². The highest BCUT2D eigenvalue weighted by Gasteiger charge is 2.25. The van der Waals surface area contributed by atoms with Crippen LogP contribution in [0.3, 0.4) is 0 Å². The Labute approximate surface area is 122 Å². The predicted molar refractivity (Wildman–Crippen MR) is 80.1 cm³/mol. The average Bonchev–Trinajstić information content (AvgIpc) is 2.77. The zero-order valence-corrected chi connectivity index (χ0v) is 13.8. The number of hydrogen-bond acceptors (Lipinski definition) is 4. The summed E-state index contributed by atoms with van der Waals surface area (Å²) in [7, 11) is -3.50. The summed E-state index contributed by atoms with van der Waals surface area (Å²) in [5.74, 6) is 0. The van der Waals surface area contributed by atoms with E-state index >= 15 is 0 Å². The number of rotatable bonds is 8. The van der Waals surface area contributed by atoms with Crippen LogP contribution in [0.15, 0.2) is 17.3 Å². The third-order valence-electron chi connectivity index (χ3n) is 3.11. The van der Waals surface area contributed by atoms with Crippen molar-refractivity contribution in [2.75, 3.05) is 6.54 Å². The fourth-order valence-corrected chi connectivity index (χ4v) is 3.00. The van der Waals surface area contributed by atoms with E-state index in [4.69, 9.17) is 0 Å². The van der Waals surface area contributed by atoms with Crippen LogP contribution >= 0.6 is 0 Å². The van der Waals surface area contributed by atoms with Crippen LogP contribution in [0.1, 0.15) is 41.0 Å². The molecule has 1 aromatic rings. The molecule has 1 aromatic heterocycles. The fraction of sp³-hybridized carbons (Fsp3) is 0.769. The quantitative estimate of drug-likeness (QED) is 0.760. The lowest BCUT2D eigenvalue weighted by Gasteiger charge is -2.23. The van der Waals surface area contributed by atoms with E-state index in [-0.39, 0.29) is 4.90 Å². The van der Waals surface area contributed by atoms with Crippen LogP contribution in [0, 0.1) is 0 Å². The molecule has 0 radical (unpaired) electrons. The highest BCUT2D eigenvalue weighted by Crippen LogP contribution is 2.14. The molecule has 20 heavy (non-hydrogen) atoms. The molecule has 0 saturated carbocycles. The van der Waals surface area contributed by atoms with Crippen molar-refractivity contribution in [2.45, 2.75) is 64.1 Å². The van der Waals surface area contributed by atoms with Crippen molar-refractivity contribution in [3.05, 3.63) is 12.4 Å². The van der Waals surface area contributed by atoms with Crippen LogP contribution in [0.5, 0.6) is 0 Å². The van der Waals surface area contributed by atoms with E-state index in [9.17, 15) is 8.42 Å². The van der Waals surface area contributed by atoms with Crippen molar-refractivity contribution in [3.8, 4) is 0 Å². The lowest BCUT2D eigenvalue weighted by atomic mass is 10.0. The van der Waals surface area contributed by atoms with E-state index in [0.29, 0.717) is 12.6 Å². The summed E-state index contributed by atoms with van der Waals surface area (Å²) in [5, 5.41) is 7.36. The number of sulfonamides is 1. The van der Waals surface area contributed by atoms with Gasteiger partial charge in [-0.05, 0) is 20.3 Å². The lowest BCUT2D eigenvalue weighted by Crippen LogP contribution is -2.42. The van der Waals surface area contributed by atoms with Gasteiger partial charge in [-0.25, -0.2) is 13.1 Å². The molecule has 0 amide bonds. The summed E-state index contributed by atoms with van der Waals surface area (Å²) >= 11 is 0. The second kappa shape index (κ2) is 6.69. The van der Waals surface area contributed by atoms with Crippen molar-refractivity contribution in [1.82, 2.24) is 19.8 Å². The standard InChI is InChI=1S/C13H26N4O2S/c1-6-13(4,5)16-20(18,19)12-9-15-17(10-12)8-7-14-11(2)3/h9-11,14,16H,6-8H2,1-5H3. The molecule has 0 aliphatic rings. The van der Waals surface area contributed by atoms with E-state index < -0.39 is 15.6 Å². The van der Waals surface area contributed by atoms with Gasteiger partial charge in [0.1, 0.15) is 4.90 Å². The molecular weight excluding hydrogens is 276 g/mol. The minimum absolute atomic E-state index is 0.212. The van der Waals surface area contributed by atoms with Gasteiger partial charge in [-0.1, -0.05) is 20.8 Å². The summed E-state index contributed by atoms with van der Waals surface area (Å²) in [6.07, 6.45) is 3.68. The average molecular weight is 302 g/mol. The summed E-state index contributed by atoms with van der Waals surface area (Å²) in [5.41, 5.74) is -0.458. The molecule has 1 heterocycles. The van der Waals surface area contributed by atoms with Crippen LogP contribution in [0.2, 0.25) is 0 Å². The van der Waals surface area contributed by atoms with Gasteiger partial charge in [0, 0.05) is 24.3 Å². The maximum Gasteiger partial charge on any atom is 0.244 e. The van der Waals surface area contributed by atoms with Crippen LogP contribution < -0.4 is 10.0 Å². The SMILES string of the molecule is CCC(C)(C)NS(=O)(=O)c1cnn(CCNC(C)C)c1. The molecule has 0 aromatic carbocycles. The summed E-state index contributed by atoms with van der Waals surface area (Å²) in [4.78, 5) is 0.212. The third kappa shape index (κ3) is 5.22. The second-order valence-electron chi connectivity index (χ2n) is 5.89. The minimum Gasteiger partial charge on any atom is -0.313 e. The largest absolute Gasteiger partial charge is 0.313 e. The first-order chi connectivity index (χ1) is 9.16. The third-order valence-corrected chi connectivity index (χ3v) is 4.76. The molecule has 6 nitrogen and oxygen atoms in total. The van der Waals surface area contributed by atoms with Gasteiger partial charge in [-0.2, -0.15) is 5.10 Å². The van der Waals surface area contributed by atoms with Crippen molar-refractivity contribution < 1.29 is 8.42 Å². The molecule has 0 atom stereocenters. The Kier molecular flexibility index (Phi) is 5.73. The van der Waals surface area contributed by atoms with Crippen LogP contribution in [-0.2, 0) is 16.6 Å². The molecule has 0 saturated heterocycles. The number of nitrogens with one attached hydrogen (secondary N) is 2. The smallest absolute Gasteiger partial charge is 0.244 e. The van der Waals surface area contributed by atoms with Gasteiger partial charge in [-0.15, -0.1) is 0 Å². The van der Waals surface area contributed by atoms with Gasteiger partial charge < -0.3 is 5.32 Å². The Morgan fingerprint density at radius 2 is 2.05 bits per heavy atom. The van der Waals surface area contributed by atoms with Gasteiger partial charge in [0.25, 0.3) is 0 Å². The molecule has 0 spiro atoms. The summed E-state index contributed by atoms with van der Waals surface area (Å²) in [6, 6.07) is 0.404. The molecule has 1 rings (SSSR count). The fourth-order valence-electron chi connectivity index (χ4n) is 1.57. The molecular formula is C13H26N4O2S. The first kappa shape index (κ1) is 17.1. The van der Waals surface area contributed by atoms with Gasteiger partial charge in [0.2, 0.25) is 10.0 Å². The van der Waals surface area contributed by atoms with Gasteiger partial charge >= 0.3 is 0 Å². The molecule has 0 bridgehead atoms. The number of aromatic nitrogens is 2. The Hall–Kier alpha value is -0.920. The predicted octanol–water partition coefficient (Wildman–Crippen LogP) is 1.35. The molecule has 0 aliphatic heterocycles. The maximum absolute atomic E-state index is 12.2. The lowest BCUT2D eigenvalue weighted by molar-refractivity contribution is 0.439. The number of hydrogen-bond donors (Lipinski definition) is 2.